The van der Waals surface area contributed by atoms with Crippen LogP contribution in [0.1, 0.15) is 0 Å². The summed E-state index contributed by atoms with van der Waals surface area (Å²) in [4.78, 5) is 0. The van der Waals surface area contributed by atoms with Crippen molar-refractivity contribution in [2.75, 3.05) is 0 Å². The Kier molecular flexibility index (Phi) is 4.32. The van der Waals surface area contributed by atoms with Gasteiger partial charge in [0.1, 0.15) is 11.2 Å². The third kappa shape index (κ3) is 3.04. The minimum atomic E-state index is 0.905. The second kappa shape index (κ2) is 8.31. The first kappa shape index (κ1) is 23.4. The van der Waals surface area contributed by atoms with E-state index in [1.807, 2.05) is 0 Å². The Morgan fingerprint density at radius 1 is 0.333 bits per heavy atom. The maximum atomic E-state index is 6.53. The number of benzene rings is 7. The average molecular weight is 573 g/mol. The molecule has 0 unspecified atom stereocenters. The van der Waals surface area contributed by atoms with E-state index >= 15 is 0 Å². The van der Waals surface area contributed by atoms with Gasteiger partial charge in [-0.2, -0.15) is 0 Å². The Morgan fingerprint density at radius 2 is 0.800 bits per heavy atom. The molecule has 11 rings (SSSR count). The Bertz CT molecular complexity index is 2890. The van der Waals surface area contributed by atoms with Crippen molar-refractivity contribution >= 4 is 98.1 Å². The summed E-state index contributed by atoms with van der Waals surface area (Å²) in [7, 11) is 0. The van der Waals surface area contributed by atoms with E-state index in [1.54, 1.807) is 0 Å². The summed E-state index contributed by atoms with van der Waals surface area (Å²) in [6.45, 7) is 0. The maximum absolute atomic E-state index is 6.53. The molecule has 10 bridgehead atoms. The topological polar surface area (TPSA) is 22.0 Å². The van der Waals surface area contributed by atoms with Gasteiger partial charge in [0.2, 0.25) is 0 Å². The lowest BCUT2D eigenvalue weighted by Crippen LogP contribution is -1.86. The van der Waals surface area contributed by atoms with E-state index in [-0.39, 0.29) is 0 Å². The molecule has 0 spiro atoms. The first-order chi connectivity index (χ1) is 22.3. The van der Waals surface area contributed by atoms with Crippen LogP contribution in [-0.4, -0.2) is 8.80 Å². The van der Waals surface area contributed by atoms with E-state index in [2.05, 4.69) is 154 Å². The summed E-state index contributed by atoms with van der Waals surface area (Å²) in [5.41, 5.74) is 8.90. The molecule has 0 atom stereocenters. The molecule has 7 aromatic carbocycles. The zero-order valence-corrected chi connectivity index (χ0v) is 24.2. The number of rotatable bonds is 0. The summed E-state index contributed by atoms with van der Waals surface area (Å²) in [6.07, 6.45) is 0. The number of hydrogen-bond donors (Lipinski definition) is 0. The van der Waals surface area contributed by atoms with Crippen LogP contribution in [0.5, 0.6) is 0 Å². The van der Waals surface area contributed by atoms with Crippen molar-refractivity contribution in [2.45, 2.75) is 0 Å². The van der Waals surface area contributed by atoms with Crippen molar-refractivity contribution in [3.8, 4) is 0 Å². The lowest BCUT2D eigenvalue weighted by Gasteiger charge is -2.03. The lowest BCUT2D eigenvalue weighted by molar-refractivity contribution is 0.670. The van der Waals surface area contributed by atoms with Gasteiger partial charge in [-0.05, 0) is 94.3 Å². The number of aromatic nitrogens is 2. The highest BCUT2D eigenvalue weighted by Crippen LogP contribution is 2.40. The molecule has 0 N–H and O–H groups in total. The van der Waals surface area contributed by atoms with Gasteiger partial charge < -0.3 is 13.2 Å². The van der Waals surface area contributed by atoms with E-state index < -0.39 is 0 Å². The highest BCUT2D eigenvalue weighted by Gasteiger charge is 2.17. The van der Waals surface area contributed by atoms with Gasteiger partial charge in [0.15, 0.2) is 0 Å². The van der Waals surface area contributed by atoms with E-state index in [0.29, 0.717) is 0 Å². The molecular weight excluding hydrogens is 548 g/mol. The standard InChI is InChI=1S/C42H24N2O/c1-3-13-35-33(11-1)41-37-19-20-38-42(41)34-12-2-4-14-36(34)44(38)30-10-6-8-26(22-30)28-16-18-32-31-17-15-27(23-39(31)45-40(32)24-28)25-7-5-9-29(21-25)43(35)37/h1-24H. The molecule has 208 valence electrons. The third-order valence-electron chi connectivity index (χ3n) is 9.82. The molecule has 11 aromatic rings. The molecule has 0 fully saturated rings. The predicted octanol–water partition coefficient (Wildman–Crippen LogP) is 11.6. The van der Waals surface area contributed by atoms with Crippen molar-refractivity contribution in [3.05, 3.63) is 146 Å². The normalized spacial score (nSPS) is 12.4. The van der Waals surface area contributed by atoms with Gasteiger partial charge in [0.05, 0.1) is 22.1 Å². The number of para-hydroxylation sites is 2. The molecular formula is C42H24N2O. The van der Waals surface area contributed by atoms with Gasteiger partial charge in [0, 0.05) is 43.4 Å². The average Bonchev–Trinajstić information content (AvgIpc) is 3.74. The van der Waals surface area contributed by atoms with Crippen LogP contribution >= 0.6 is 0 Å². The summed E-state index contributed by atoms with van der Waals surface area (Å²) in [5, 5.41) is 12.0. The first-order valence-electron chi connectivity index (χ1n) is 15.4. The summed E-state index contributed by atoms with van der Waals surface area (Å²) < 4.78 is 11.4. The molecule has 0 saturated heterocycles. The lowest BCUT2D eigenvalue weighted by atomic mass is 10.1. The molecule has 0 amide bonds. The largest absolute Gasteiger partial charge is 0.456 e. The number of furan rings is 1. The molecule has 4 aromatic heterocycles. The van der Waals surface area contributed by atoms with E-state index in [4.69, 9.17) is 4.42 Å². The van der Waals surface area contributed by atoms with Crippen LogP contribution in [0, 0.1) is 0 Å². The van der Waals surface area contributed by atoms with Gasteiger partial charge in [-0.15, -0.1) is 0 Å². The van der Waals surface area contributed by atoms with Crippen LogP contribution in [0.15, 0.2) is 150 Å². The van der Waals surface area contributed by atoms with Gasteiger partial charge in [0.25, 0.3) is 0 Å². The van der Waals surface area contributed by atoms with Crippen LogP contribution < -0.4 is 0 Å². The minimum Gasteiger partial charge on any atom is -0.456 e. The fourth-order valence-corrected chi connectivity index (χ4v) is 7.86. The number of nitrogens with zero attached hydrogens (tertiary/aromatic N) is 2. The van der Waals surface area contributed by atoms with Crippen LogP contribution in [0.2, 0.25) is 0 Å². The molecule has 0 aliphatic carbocycles. The Labute approximate surface area is 256 Å². The smallest absolute Gasteiger partial charge is 0.136 e. The summed E-state index contributed by atoms with van der Waals surface area (Å²) >= 11 is 0. The van der Waals surface area contributed by atoms with Crippen LogP contribution in [0.3, 0.4) is 0 Å². The maximum Gasteiger partial charge on any atom is 0.136 e. The van der Waals surface area contributed by atoms with E-state index in [1.165, 1.54) is 43.6 Å². The zero-order chi connectivity index (χ0) is 29.2. The van der Waals surface area contributed by atoms with Crippen molar-refractivity contribution < 1.29 is 4.42 Å². The molecule has 45 heavy (non-hydrogen) atoms. The van der Waals surface area contributed by atoms with E-state index in [9.17, 15) is 0 Å². The van der Waals surface area contributed by atoms with Crippen LogP contribution in [0.4, 0.5) is 0 Å². The molecule has 0 aliphatic rings. The fraction of sp³-hybridized carbons (Fsp3) is 0. The highest BCUT2D eigenvalue weighted by atomic mass is 16.3. The molecule has 0 radical (unpaired) electrons. The Morgan fingerprint density at radius 3 is 1.31 bits per heavy atom. The van der Waals surface area contributed by atoms with Gasteiger partial charge in [-0.1, -0.05) is 72.8 Å². The Hall–Kier alpha value is -6.06. The number of hydrogen-bond acceptors (Lipinski definition) is 1. The molecule has 0 saturated carbocycles. The first-order valence-corrected chi connectivity index (χ1v) is 15.4. The van der Waals surface area contributed by atoms with Crippen LogP contribution in [0.25, 0.3) is 98.1 Å². The quantitative estimate of drug-likeness (QED) is 0.177. The SMILES string of the molecule is c1ccc2c(c1)c1c3c4ccccc4n4c5cccc(c5)c5ccc6c(c5)oc5cc(ccc56)c5cccc(c5)n2c1ccc34. The monoisotopic (exact) mass is 572 g/mol. The zero-order valence-electron chi connectivity index (χ0n) is 24.2. The van der Waals surface area contributed by atoms with Crippen molar-refractivity contribution in [2.24, 2.45) is 0 Å². The summed E-state index contributed by atoms with van der Waals surface area (Å²) in [6, 6.07) is 53.3. The Balaban J connectivity index is 1.49. The van der Waals surface area contributed by atoms with Crippen molar-refractivity contribution in [3.63, 3.8) is 0 Å². The molecule has 4 heterocycles. The molecule has 0 aliphatic heterocycles. The second-order valence-corrected chi connectivity index (χ2v) is 12.2. The van der Waals surface area contributed by atoms with Gasteiger partial charge in [-0.3, -0.25) is 0 Å². The van der Waals surface area contributed by atoms with Crippen molar-refractivity contribution in [1.29, 1.82) is 0 Å². The fourth-order valence-electron chi connectivity index (χ4n) is 7.86. The number of fused-ring (bicyclic) bond motifs is 19. The predicted molar refractivity (Wildman–Crippen MR) is 189 cm³/mol. The second-order valence-electron chi connectivity index (χ2n) is 12.2. The highest BCUT2D eigenvalue weighted by molar-refractivity contribution is 6.28. The van der Waals surface area contributed by atoms with Crippen molar-refractivity contribution in [1.82, 2.24) is 8.80 Å². The molecule has 3 nitrogen and oxygen atoms in total. The third-order valence-corrected chi connectivity index (χ3v) is 9.82. The van der Waals surface area contributed by atoms with Gasteiger partial charge in [-0.25, -0.2) is 0 Å². The van der Waals surface area contributed by atoms with Gasteiger partial charge >= 0.3 is 0 Å². The summed E-state index contributed by atoms with van der Waals surface area (Å²) in [5.74, 6) is 0. The molecule has 3 heteroatoms. The minimum absolute atomic E-state index is 0.905. The van der Waals surface area contributed by atoms with Crippen LogP contribution in [-0.2, 0) is 0 Å². The van der Waals surface area contributed by atoms with E-state index in [0.717, 1.165) is 54.5 Å².